The Kier molecular flexibility index (Phi) is 3.64. The van der Waals surface area contributed by atoms with E-state index in [1.165, 1.54) is 0 Å². The minimum absolute atomic E-state index is 0.00467. The first-order valence-corrected chi connectivity index (χ1v) is 5.18. The Hall–Kier alpha value is -1.43. The predicted octanol–water partition coefficient (Wildman–Crippen LogP) is 0.199. The third-order valence-electron chi connectivity index (χ3n) is 2.05. The van der Waals surface area contributed by atoms with Gasteiger partial charge in [-0.15, -0.1) is 0 Å². The number of nitrogens with one attached hydrogen (secondary N) is 1. The quantitative estimate of drug-likeness (QED) is 0.766. The molecule has 0 aliphatic rings. The number of rotatable bonds is 4. The van der Waals surface area contributed by atoms with Gasteiger partial charge in [0.2, 0.25) is 5.91 Å². The molecule has 1 rings (SSSR count). The number of carbonyl (C=O) groups excluding carboxylic acids is 1. The number of H-pyrrole nitrogens is 1. The zero-order valence-electron chi connectivity index (χ0n) is 10.2. The summed E-state index contributed by atoms with van der Waals surface area (Å²) in [4.78, 5) is 17.5. The Morgan fingerprint density at radius 3 is 2.62 bits per heavy atom. The monoisotopic (exact) mass is 225 g/mol. The van der Waals surface area contributed by atoms with Crippen molar-refractivity contribution in [2.45, 2.75) is 39.3 Å². The van der Waals surface area contributed by atoms with Crippen LogP contribution in [0.2, 0.25) is 0 Å². The minimum Gasteiger partial charge on any atom is -0.338 e. The fourth-order valence-corrected chi connectivity index (χ4v) is 1.28. The molecule has 0 saturated heterocycles. The molecule has 0 aliphatic heterocycles. The highest BCUT2D eigenvalue weighted by molar-refractivity contribution is 5.76. The molecule has 0 saturated carbocycles. The van der Waals surface area contributed by atoms with Crippen LogP contribution < -0.4 is 5.73 Å². The zero-order chi connectivity index (χ0) is 12.3. The fraction of sp³-hybridized carbons (Fsp3) is 0.700. The van der Waals surface area contributed by atoms with Crippen LogP contribution in [0.5, 0.6) is 0 Å². The summed E-state index contributed by atoms with van der Waals surface area (Å²) >= 11 is 0. The van der Waals surface area contributed by atoms with Crippen LogP contribution in [0.15, 0.2) is 0 Å². The number of nitrogens with two attached hydrogens (primary N) is 1. The minimum atomic E-state index is -0.486. The van der Waals surface area contributed by atoms with Gasteiger partial charge in [0, 0.05) is 19.0 Å². The number of aromatic nitrogens is 3. The van der Waals surface area contributed by atoms with Crippen LogP contribution in [0.25, 0.3) is 0 Å². The van der Waals surface area contributed by atoms with E-state index in [1.807, 2.05) is 20.8 Å². The Balaban J connectivity index is 2.52. The number of hydrogen-bond donors (Lipinski definition) is 2. The summed E-state index contributed by atoms with van der Waals surface area (Å²) < 4.78 is 0. The van der Waals surface area contributed by atoms with Gasteiger partial charge in [0.1, 0.15) is 5.82 Å². The number of aromatic amines is 1. The molecule has 1 heterocycles. The van der Waals surface area contributed by atoms with Crippen molar-refractivity contribution in [1.82, 2.24) is 20.1 Å². The van der Waals surface area contributed by atoms with Crippen LogP contribution in [-0.4, -0.2) is 38.6 Å². The molecule has 0 aliphatic carbocycles. The van der Waals surface area contributed by atoms with Crippen molar-refractivity contribution >= 4 is 5.91 Å². The molecular weight excluding hydrogens is 206 g/mol. The molecule has 0 bridgehead atoms. The number of hydrogen-bond acceptors (Lipinski definition) is 4. The van der Waals surface area contributed by atoms with Gasteiger partial charge in [0.05, 0.1) is 6.54 Å². The van der Waals surface area contributed by atoms with E-state index in [0.717, 1.165) is 5.82 Å². The first-order valence-electron chi connectivity index (χ1n) is 5.18. The molecule has 6 heteroatoms. The Morgan fingerprint density at radius 1 is 1.56 bits per heavy atom. The Labute approximate surface area is 95.2 Å². The second-order valence-corrected chi connectivity index (χ2v) is 4.75. The van der Waals surface area contributed by atoms with Gasteiger partial charge in [0.15, 0.2) is 5.82 Å². The highest BCUT2D eigenvalue weighted by Gasteiger charge is 2.20. The zero-order valence-corrected chi connectivity index (χ0v) is 10.2. The van der Waals surface area contributed by atoms with Crippen molar-refractivity contribution in [3.05, 3.63) is 11.6 Å². The van der Waals surface area contributed by atoms with E-state index in [-0.39, 0.29) is 5.91 Å². The fourth-order valence-electron chi connectivity index (χ4n) is 1.28. The van der Waals surface area contributed by atoms with Gasteiger partial charge in [-0.05, 0) is 20.8 Å². The maximum atomic E-state index is 11.7. The van der Waals surface area contributed by atoms with Gasteiger partial charge in [0.25, 0.3) is 0 Å². The Morgan fingerprint density at radius 2 is 2.19 bits per heavy atom. The highest BCUT2D eigenvalue weighted by Crippen LogP contribution is 2.07. The lowest BCUT2D eigenvalue weighted by Crippen LogP contribution is -2.39. The highest BCUT2D eigenvalue weighted by atomic mass is 16.2. The van der Waals surface area contributed by atoms with E-state index in [2.05, 4.69) is 15.2 Å². The average molecular weight is 225 g/mol. The third kappa shape index (κ3) is 3.98. The third-order valence-corrected chi connectivity index (χ3v) is 2.05. The smallest absolute Gasteiger partial charge is 0.224 e. The summed E-state index contributed by atoms with van der Waals surface area (Å²) in [6.45, 7) is 5.88. The van der Waals surface area contributed by atoms with Crippen molar-refractivity contribution in [2.75, 3.05) is 7.05 Å². The molecular formula is C10H19N5O. The van der Waals surface area contributed by atoms with E-state index in [4.69, 9.17) is 5.73 Å². The molecule has 6 nitrogen and oxygen atoms in total. The normalized spacial score (nSPS) is 11.6. The molecule has 16 heavy (non-hydrogen) atoms. The van der Waals surface area contributed by atoms with Gasteiger partial charge < -0.3 is 10.6 Å². The molecule has 3 N–H and O–H groups in total. The Bertz CT molecular complexity index is 366. The van der Waals surface area contributed by atoms with E-state index < -0.39 is 5.54 Å². The molecule has 0 radical (unpaired) electrons. The van der Waals surface area contributed by atoms with Crippen LogP contribution in [-0.2, 0) is 11.3 Å². The van der Waals surface area contributed by atoms with Crippen molar-refractivity contribution in [2.24, 2.45) is 5.73 Å². The van der Waals surface area contributed by atoms with Crippen LogP contribution >= 0.6 is 0 Å². The molecule has 0 atom stereocenters. The number of nitrogens with zero attached hydrogens (tertiary/aromatic N) is 3. The second kappa shape index (κ2) is 4.61. The first kappa shape index (κ1) is 12.6. The van der Waals surface area contributed by atoms with E-state index >= 15 is 0 Å². The van der Waals surface area contributed by atoms with E-state index in [9.17, 15) is 4.79 Å². The molecule has 0 aromatic carbocycles. The molecule has 0 spiro atoms. The van der Waals surface area contributed by atoms with Gasteiger partial charge in [-0.2, -0.15) is 5.10 Å². The lowest BCUT2D eigenvalue weighted by atomic mass is 10.0. The van der Waals surface area contributed by atoms with Gasteiger partial charge in [-0.1, -0.05) is 0 Å². The van der Waals surface area contributed by atoms with Crippen molar-refractivity contribution in [1.29, 1.82) is 0 Å². The number of amides is 1. The van der Waals surface area contributed by atoms with E-state index in [0.29, 0.717) is 18.8 Å². The van der Waals surface area contributed by atoms with Gasteiger partial charge in [-0.25, -0.2) is 4.98 Å². The topological polar surface area (TPSA) is 87.9 Å². The molecule has 90 valence electrons. The maximum Gasteiger partial charge on any atom is 0.224 e. The summed E-state index contributed by atoms with van der Waals surface area (Å²) in [5, 5.41) is 6.71. The van der Waals surface area contributed by atoms with Crippen LogP contribution in [0.1, 0.15) is 31.9 Å². The molecule has 1 amide bonds. The van der Waals surface area contributed by atoms with Crippen molar-refractivity contribution in [3.8, 4) is 0 Å². The molecule has 1 aromatic heterocycles. The van der Waals surface area contributed by atoms with Crippen LogP contribution in [0.4, 0.5) is 0 Å². The number of aryl methyl sites for hydroxylation is 1. The lowest BCUT2D eigenvalue weighted by molar-refractivity contribution is -0.131. The predicted molar refractivity (Wildman–Crippen MR) is 60.5 cm³/mol. The van der Waals surface area contributed by atoms with Crippen molar-refractivity contribution < 1.29 is 4.79 Å². The van der Waals surface area contributed by atoms with Gasteiger partial charge >= 0.3 is 0 Å². The lowest BCUT2D eigenvalue weighted by Gasteiger charge is -2.22. The molecule has 1 aromatic rings. The molecule has 0 unspecified atom stereocenters. The summed E-state index contributed by atoms with van der Waals surface area (Å²) in [6.07, 6.45) is 0.312. The second-order valence-electron chi connectivity index (χ2n) is 4.75. The summed E-state index contributed by atoms with van der Waals surface area (Å²) in [6, 6.07) is 0. The van der Waals surface area contributed by atoms with Gasteiger partial charge in [-0.3, -0.25) is 9.89 Å². The largest absolute Gasteiger partial charge is 0.338 e. The first-order chi connectivity index (χ1) is 7.28. The number of carbonyl (C=O) groups is 1. The maximum absolute atomic E-state index is 11.7. The van der Waals surface area contributed by atoms with Crippen LogP contribution in [0.3, 0.4) is 0 Å². The summed E-state index contributed by atoms with van der Waals surface area (Å²) in [5.74, 6) is 1.35. The standard InChI is InChI=1S/C10H19N5O/c1-7-12-8(14-13-7)6-15(4)9(16)5-10(2,3)11/h5-6,11H2,1-4H3,(H,12,13,14). The van der Waals surface area contributed by atoms with Crippen LogP contribution in [0, 0.1) is 6.92 Å². The summed E-state index contributed by atoms with van der Waals surface area (Å²) in [7, 11) is 1.72. The SMILES string of the molecule is Cc1nc(CN(C)C(=O)CC(C)(C)N)n[nH]1. The van der Waals surface area contributed by atoms with Crippen molar-refractivity contribution in [3.63, 3.8) is 0 Å². The van der Waals surface area contributed by atoms with E-state index in [1.54, 1.807) is 11.9 Å². The average Bonchev–Trinajstić information content (AvgIpc) is 2.48. The summed E-state index contributed by atoms with van der Waals surface area (Å²) in [5.41, 5.74) is 5.30. The molecule has 0 fully saturated rings.